The molecule has 0 saturated carbocycles. The predicted molar refractivity (Wildman–Crippen MR) is 115 cm³/mol. The number of hydrogen-bond acceptors (Lipinski definition) is 2. The maximum atomic E-state index is 4.66. The molecule has 132 valence electrons. The number of aryl methyl sites for hydroxylation is 2. The van der Waals surface area contributed by atoms with Crippen LogP contribution in [0.3, 0.4) is 0 Å². The Hall–Kier alpha value is -1.15. The van der Waals surface area contributed by atoms with E-state index >= 15 is 0 Å². The fourth-order valence-electron chi connectivity index (χ4n) is 2.34. The summed E-state index contributed by atoms with van der Waals surface area (Å²) >= 11 is 1.78. The fraction of sp³-hybridized carbons (Fsp3) is 0.389. The van der Waals surface area contributed by atoms with Gasteiger partial charge in [0.1, 0.15) is 0 Å². The quantitative estimate of drug-likeness (QED) is 0.298. The zero-order valence-corrected chi connectivity index (χ0v) is 17.9. The molecule has 24 heavy (non-hydrogen) atoms. The lowest BCUT2D eigenvalue weighted by Gasteiger charge is -2.13. The first kappa shape index (κ1) is 20.9. The van der Waals surface area contributed by atoms with Gasteiger partial charge in [0.15, 0.2) is 5.96 Å². The minimum absolute atomic E-state index is 0. The van der Waals surface area contributed by atoms with Crippen LogP contribution in [0, 0.1) is 6.92 Å². The third kappa shape index (κ3) is 6.39. The van der Waals surface area contributed by atoms with Crippen LogP contribution in [0.4, 0.5) is 0 Å². The number of benzene rings is 1. The lowest BCUT2D eigenvalue weighted by molar-refractivity contribution is 0.806. The molecule has 1 heterocycles. The molecule has 2 rings (SSSR count). The van der Waals surface area contributed by atoms with Gasteiger partial charge in [-0.25, -0.2) is 4.99 Å². The Morgan fingerprint density at radius 3 is 2.67 bits per heavy atom. The van der Waals surface area contributed by atoms with Crippen molar-refractivity contribution in [1.82, 2.24) is 15.2 Å². The van der Waals surface area contributed by atoms with Gasteiger partial charge in [-0.05, 0) is 48.9 Å². The number of hydrogen-bond donors (Lipinski definition) is 2. The summed E-state index contributed by atoms with van der Waals surface area (Å²) in [6, 6.07) is 8.67. The van der Waals surface area contributed by atoms with Crippen LogP contribution in [0.25, 0.3) is 0 Å². The molecular formula is C18H27IN4S. The van der Waals surface area contributed by atoms with E-state index in [9.17, 15) is 0 Å². The first-order chi connectivity index (χ1) is 11.1. The lowest BCUT2D eigenvalue weighted by atomic mass is 10.1. The molecule has 0 fully saturated rings. The van der Waals surface area contributed by atoms with Crippen molar-refractivity contribution >= 4 is 41.7 Å². The normalized spacial score (nSPS) is 11.1. The third-order valence-electron chi connectivity index (χ3n) is 3.55. The van der Waals surface area contributed by atoms with Crippen LogP contribution in [0.2, 0.25) is 0 Å². The van der Waals surface area contributed by atoms with Gasteiger partial charge in [0.2, 0.25) is 0 Å². The highest BCUT2D eigenvalue weighted by Crippen LogP contribution is 2.21. The van der Waals surface area contributed by atoms with Crippen LogP contribution in [-0.4, -0.2) is 23.3 Å². The number of aromatic nitrogens is 1. The van der Waals surface area contributed by atoms with Crippen molar-refractivity contribution < 1.29 is 0 Å². The second kappa shape index (κ2) is 10.7. The number of aliphatic imine (C=N–C) groups is 1. The topological polar surface area (TPSA) is 41.4 Å². The summed E-state index contributed by atoms with van der Waals surface area (Å²) in [7, 11) is 2.03. The average Bonchev–Trinajstić information content (AvgIpc) is 2.96. The van der Waals surface area contributed by atoms with Gasteiger partial charge in [-0.15, -0.1) is 35.7 Å². The molecule has 2 N–H and O–H groups in total. The van der Waals surface area contributed by atoms with Gasteiger partial charge >= 0.3 is 0 Å². The molecule has 0 amide bonds. The zero-order chi connectivity index (χ0) is 16.7. The number of guanidine groups is 1. The largest absolute Gasteiger partial charge is 0.357 e. The average molecular weight is 458 g/mol. The standard InChI is InChI=1S/C18H26N4S.HI/c1-5-19-18(20-11-15-8-9-22(3)13-15)21-12-16-7-6-14(2)10-17(16)23-4;/h6-10,13H,5,11-12H2,1-4H3,(H2,19,20,21);1H. The number of thioether (sulfide) groups is 1. The molecule has 0 atom stereocenters. The summed E-state index contributed by atoms with van der Waals surface area (Å²) in [6.45, 7) is 6.52. The Labute approximate surface area is 166 Å². The Kier molecular flexibility index (Phi) is 9.28. The zero-order valence-electron chi connectivity index (χ0n) is 14.8. The number of rotatable bonds is 6. The van der Waals surface area contributed by atoms with Crippen LogP contribution in [0.5, 0.6) is 0 Å². The molecule has 0 spiro atoms. The van der Waals surface area contributed by atoms with Crippen molar-refractivity contribution in [2.75, 3.05) is 12.8 Å². The number of halogens is 1. The second-order valence-electron chi connectivity index (χ2n) is 5.55. The van der Waals surface area contributed by atoms with E-state index in [1.54, 1.807) is 11.8 Å². The maximum absolute atomic E-state index is 4.66. The number of nitrogens with zero attached hydrogens (tertiary/aromatic N) is 2. The lowest BCUT2D eigenvalue weighted by Crippen LogP contribution is -2.36. The summed E-state index contributed by atoms with van der Waals surface area (Å²) in [4.78, 5) is 5.98. The Morgan fingerprint density at radius 1 is 1.25 bits per heavy atom. The first-order valence-corrected chi connectivity index (χ1v) is 9.11. The molecule has 1 aromatic carbocycles. The molecule has 0 unspecified atom stereocenters. The van der Waals surface area contributed by atoms with Crippen molar-refractivity contribution in [1.29, 1.82) is 0 Å². The molecule has 6 heteroatoms. The van der Waals surface area contributed by atoms with Crippen LogP contribution in [-0.2, 0) is 20.1 Å². The van der Waals surface area contributed by atoms with Crippen molar-refractivity contribution in [2.45, 2.75) is 31.8 Å². The van der Waals surface area contributed by atoms with Crippen molar-refractivity contribution in [3.63, 3.8) is 0 Å². The molecule has 0 aliphatic heterocycles. The molecule has 0 radical (unpaired) electrons. The van der Waals surface area contributed by atoms with E-state index in [0.29, 0.717) is 6.54 Å². The second-order valence-corrected chi connectivity index (χ2v) is 6.40. The fourth-order valence-corrected chi connectivity index (χ4v) is 3.05. The van der Waals surface area contributed by atoms with Crippen molar-refractivity contribution in [2.24, 2.45) is 12.0 Å². The smallest absolute Gasteiger partial charge is 0.191 e. The van der Waals surface area contributed by atoms with E-state index in [1.807, 2.05) is 17.8 Å². The summed E-state index contributed by atoms with van der Waals surface area (Å²) in [5.74, 6) is 0.851. The van der Waals surface area contributed by atoms with Gasteiger partial charge in [0.25, 0.3) is 0 Å². The van der Waals surface area contributed by atoms with E-state index in [4.69, 9.17) is 0 Å². The van der Waals surface area contributed by atoms with E-state index in [-0.39, 0.29) is 24.0 Å². The van der Waals surface area contributed by atoms with Crippen LogP contribution >= 0.6 is 35.7 Å². The van der Waals surface area contributed by atoms with Crippen LogP contribution < -0.4 is 10.6 Å². The summed E-state index contributed by atoms with van der Waals surface area (Å²) in [5.41, 5.74) is 3.81. The molecule has 0 saturated heterocycles. The van der Waals surface area contributed by atoms with E-state index in [1.165, 1.54) is 21.6 Å². The molecule has 0 aliphatic rings. The maximum Gasteiger partial charge on any atom is 0.191 e. The summed E-state index contributed by atoms with van der Waals surface area (Å²) in [5, 5.41) is 6.73. The minimum Gasteiger partial charge on any atom is -0.357 e. The van der Waals surface area contributed by atoms with Gasteiger partial charge in [-0.2, -0.15) is 0 Å². The molecule has 0 bridgehead atoms. The molecular weight excluding hydrogens is 431 g/mol. The summed E-state index contributed by atoms with van der Waals surface area (Å²) < 4.78 is 2.04. The van der Waals surface area contributed by atoms with Crippen LogP contribution in [0.15, 0.2) is 46.5 Å². The third-order valence-corrected chi connectivity index (χ3v) is 4.37. The monoisotopic (exact) mass is 458 g/mol. The van der Waals surface area contributed by atoms with Gasteiger partial charge in [0.05, 0.1) is 6.54 Å². The highest BCUT2D eigenvalue weighted by atomic mass is 127. The number of nitrogens with one attached hydrogen (secondary N) is 2. The van der Waals surface area contributed by atoms with E-state index in [0.717, 1.165) is 19.0 Å². The Bertz CT molecular complexity index is 667. The molecule has 1 aromatic heterocycles. The van der Waals surface area contributed by atoms with Crippen molar-refractivity contribution in [3.8, 4) is 0 Å². The van der Waals surface area contributed by atoms with Gasteiger partial charge in [-0.3, -0.25) is 0 Å². The minimum atomic E-state index is 0. The summed E-state index contributed by atoms with van der Waals surface area (Å²) in [6.07, 6.45) is 6.26. The first-order valence-electron chi connectivity index (χ1n) is 7.89. The molecule has 0 aliphatic carbocycles. The Morgan fingerprint density at radius 2 is 2.04 bits per heavy atom. The molecule has 2 aromatic rings. The molecule has 4 nitrogen and oxygen atoms in total. The van der Waals surface area contributed by atoms with E-state index in [2.05, 4.69) is 66.2 Å². The van der Waals surface area contributed by atoms with E-state index < -0.39 is 0 Å². The van der Waals surface area contributed by atoms with Gasteiger partial charge in [-0.1, -0.05) is 12.1 Å². The highest BCUT2D eigenvalue weighted by Gasteiger charge is 2.04. The van der Waals surface area contributed by atoms with Gasteiger partial charge in [0, 0.05) is 37.4 Å². The predicted octanol–water partition coefficient (Wildman–Crippen LogP) is 3.93. The van der Waals surface area contributed by atoms with Gasteiger partial charge < -0.3 is 15.2 Å². The van der Waals surface area contributed by atoms with Crippen molar-refractivity contribution in [3.05, 3.63) is 53.3 Å². The van der Waals surface area contributed by atoms with Crippen LogP contribution in [0.1, 0.15) is 23.6 Å². The Balaban J connectivity index is 0.00000288. The highest BCUT2D eigenvalue weighted by molar-refractivity contribution is 14.0. The SMILES string of the molecule is CCNC(=NCc1ccn(C)c1)NCc1ccc(C)cc1SC.I.